The normalized spacial score (nSPS) is 12.1. The summed E-state index contributed by atoms with van der Waals surface area (Å²) in [6, 6.07) is 4.51. The molecule has 12 N–H and O–H groups in total. The predicted octanol–water partition coefficient (Wildman–Crippen LogP) is -0.529. The van der Waals surface area contributed by atoms with Crippen LogP contribution in [-0.4, -0.2) is 106 Å². The van der Waals surface area contributed by atoms with Crippen LogP contribution in [0.1, 0.15) is 42.7 Å². The molecule has 56 heavy (non-hydrogen) atoms. The molecule has 5 rings (SSSR count). The van der Waals surface area contributed by atoms with Gasteiger partial charge in [0.05, 0.1) is 31.4 Å². The third kappa shape index (κ3) is 11.3. The van der Waals surface area contributed by atoms with E-state index in [-0.39, 0.29) is 67.5 Å². The summed E-state index contributed by atoms with van der Waals surface area (Å²) in [6.45, 7) is 4.41. The lowest BCUT2D eigenvalue weighted by Gasteiger charge is -2.19. The van der Waals surface area contributed by atoms with Gasteiger partial charge in [0, 0.05) is 24.7 Å². The van der Waals surface area contributed by atoms with Crippen molar-refractivity contribution in [1.29, 1.82) is 0 Å². The molecule has 0 fully saturated rings. The Kier molecular flexibility index (Phi) is 14.0. The molecule has 0 aliphatic carbocycles. The highest BCUT2D eigenvalue weighted by atomic mass is 16.6. The van der Waals surface area contributed by atoms with Crippen molar-refractivity contribution in [2.24, 2.45) is 11.7 Å². The van der Waals surface area contributed by atoms with Gasteiger partial charge in [0.15, 0.2) is 28.1 Å². The second-order valence-corrected chi connectivity index (χ2v) is 12.5. The molecule has 0 spiro atoms. The van der Waals surface area contributed by atoms with Crippen molar-refractivity contribution in [3.63, 3.8) is 0 Å². The fourth-order valence-electron chi connectivity index (χ4n) is 4.83. The number of carbonyl (C=O) groups is 4. The number of nitrogens with two attached hydrogens (primary N) is 4. The Morgan fingerprint density at radius 3 is 2.36 bits per heavy atom. The number of ether oxygens (including phenoxy) is 2. The van der Waals surface area contributed by atoms with E-state index < -0.39 is 41.5 Å². The van der Waals surface area contributed by atoms with Gasteiger partial charge in [-0.25, -0.2) is 19.7 Å². The number of anilines is 4. The largest absolute Gasteiger partial charge is 0.481 e. The van der Waals surface area contributed by atoms with Crippen LogP contribution >= 0.6 is 0 Å². The predicted molar refractivity (Wildman–Crippen MR) is 201 cm³/mol. The number of nitrogens with one attached hydrogen (secondary N) is 2. The number of amides is 1. The van der Waals surface area contributed by atoms with Gasteiger partial charge < -0.3 is 52.8 Å². The molecule has 0 saturated carbocycles. The number of aliphatic carboxylic acids is 2. The fraction of sp³-hybridized carbons (Fsp3) is 0.364. The average Bonchev–Trinajstić information content (AvgIpc) is 3.55. The highest BCUT2D eigenvalue weighted by Crippen LogP contribution is 2.19. The minimum absolute atomic E-state index is 0.000790. The lowest BCUT2D eigenvalue weighted by Crippen LogP contribution is -2.41. The Morgan fingerprint density at radius 2 is 1.70 bits per heavy atom. The average molecular weight is 779 g/mol. The van der Waals surface area contributed by atoms with Crippen molar-refractivity contribution in [2.45, 2.75) is 52.0 Å². The van der Waals surface area contributed by atoms with E-state index in [0.717, 1.165) is 5.69 Å². The molecule has 2 atom stereocenters. The van der Waals surface area contributed by atoms with Gasteiger partial charge in [0.1, 0.15) is 25.4 Å². The number of carboxylic acid groups (broad SMARTS) is 2. The first-order chi connectivity index (χ1) is 26.5. The standard InChI is InChI=1S/C20H22N8O5.C13H20N6O4/c1-28(9-11-8-23-17-15(24-11)16(21)26-20(22)27-17)12-4-2-10(3-5-12)18(31)25-13(19(32)33)6-7-14(29)30;1-7(2)8(14)12(21)23-4-3-22-6-19-5-16-9-10(19)17-13(15)18-11(9)20/h2-5,8,13H,6-7,9H2,1H3,(H,25,31)(H,29,30)(H,32,33)(H4,21,22,23,26,27);5,7-8H,3-4,6,14H2,1-2H3,(H3,15,17,18,20)/t13-;8-/m00/s1. The third-order valence-corrected chi connectivity index (χ3v) is 7.91. The molecule has 0 bridgehead atoms. The zero-order chi connectivity index (χ0) is 41.1. The van der Waals surface area contributed by atoms with Gasteiger partial charge >= 0.3 is 17.9 Å². The smallest absolute Gasteiger partial charge is 0.326 e. The third-order valence-electron chi connectivity index (χ3n) is 7.91. The summed E-state index contributed by atoms with van der Waals surface area (Å²) in [7, 11) is 1.82. The minimum Gasteiger partial charge on any atom is -0.481 e. The van der Waals surface area contributed by atoms with Crippen LogP contribution in [0.25, 0.3) is 22.3 Å². The highest BCUT2D eigenvalue weighted by molar-refractivity contribution is 5.97. The maximum absolute atomic E-state index is 12.4. The van der Waals surface area contributed by atoms with Gasteiger partial charge in [-0.05, 0) is 36.6 Å². The molecule has 0 aliphatic rings. The maximum Gasteiger partial charge on any atom is 0.326 e. The van der Waals surface area contributed by atoms with Gasteiger partial charge in [-0.15, -0.1) is 0 Å². The van der Waals surface area contributed by atoms with Gasteiger partial charge in [0.2, 0.25) is 11.9 Å². The van der Waals surface area contributed by atoms with E-state index in [2.05, 4.69) is 40.2 Å². The topological polar surface area (TPSA) is 362 Å². The van der Waals surface area contributed by atoms with Crippen molar-refractivity contribution >= 4 is 69.5 Å². The number of carboxylic acids is 2. The summed E-state index contributed by atoms with van der Waals surface area (Å²) in [6.07, 6.45) is 2.39. The van der Waals surface area contributed by atoms with E-state index in [9.17, 15) is 29.1 Å². The molecular weight excluding hydrogens is 736 g/mol. The molecule has 0 radical (unpaired) electrons. The van der Waals surface area contributed by atoms with Gasteiger partial charge in [-0.3, -0.25) is 28.7 Å². The zero-order valence-electron chi connectivity index (χ0n) is 30.6. The van der Waals surface area contributed by atoms with E-state index in [1.165, 1.54) is 23.0 Å². The summed E-state index contributed by atoms with van der Waals surface area (Å²) >= 11 is 0. The van der Waals surface area contributed by atoms with Crippen LogP contribution < -0.4 is 38.7 Å². The molecule has 23 nitrogen and oxygen atoms in total. The summed E-state index contributed by atoms with van der Waals surface area (Å²) in [5.74, 6) is -3.36. The molecule has 298 valence electrons. The van der Waals surface area contributed by atoms with Crippen LogP contribution in [0.5, 0.6) is 0 Å². The maximum atomic E-state index is 12.4. The second-order valence-electron chi connectivity index (χ2n) is 12.5. The number of hydrogen-bond donors (Lipinski definition) is 8. The Hall–Kier alpha value is -7.01. The summed E-state index contributed by atoms with van der Waals surface area (Å²) in [4.78, 5) is 86.2. The summed E-state index contributed by atoms with van der Waals surface area (Å²) in [5, 5.41) is 20.2. The Balaban J connectivity index is 0.000000265. The monoisotopic (exact) mass is 778 g/mol. The Bertz CT molecular complexity index is 2240. The number of benzene rings is 1. The molecule has 4 heterocycles. The number of imidazole rings is 1. The first kappa shape index (κ1) is 41.7. The van der Waals surface area contributed by atoms with E-state index >= 15 is 0 Å². The molecule has 4 aromatic heterocycles. The number of esters is 1. The lowest BCUT2D eigenvalue weighted by atomic mass is 10.1. The van der Waals surface area contributed by atoms with Crippen LogP contribution in [0, 0.1) is 5.92 Å². The number of H-pyrrole nitrogens is 1. The van der Waals surface area contributed by atoms with Crippen molar-refractivity contribution in [1.82, 2.24) is 44.8 Å². The molecule has 23 heteroatoms. The van der Waals surface area contributed by atoms with Crippen LogP contribution in [0.3, 0.4) is 0 Å². The lowest BCUT2D eigenvalue weighted by molar-refractivity contribution is -0.148. The first-order valence-corrected chi connectivity index (χ1v) is 16.9. The number of carbonyl (C=O) groups excluding carboxylic acids is 2. The van der Waals surface area contributed by atoms with Gasteiger partial charge in [-0.2, -0.15) is 15.0 Å². The molecule has 5 aromatic rings. The van der Waals surface area contributed by atoms with E-state index in [1.807, 2.05) is 25.8 Å². The van der Waals surface area contributed by atoms with Crippen LogP contribution in [-0.2, 0) is 37.1 Å². The van der Waals surface area contributed by atoms with Crippen LogP contribution in [0.2, 0.25) is 0 Å². The number of hydrogen-bond acceptors (Lipinski definition) is 18. The summed E-state index contributed by atoms with van der Waals surface area (Å²) in [5.41, 5.74) is 24.9. The van der Waals surface area contributed by atoms with Crippen molar-refractivity contribution < 1.29 is 38.9 Å². The SMILES string of the molecule is CC(C)[C@H](N)C(=O)OCCOCn1cnc2c(=O)[nH]c(N)nc21.CN(Cc1cnc2nc(N)nc(N)c2n1)c1ccc(C(=O)N[C@@H](CCC(=O)O)C(=O)O)cc1. The van der Waals surface area contributed by atoms with Crippen LogP contribution in [0.15, 0.2) is 41.6 Å². The molecular formula is C33H42N14O9. The molecule has 0 unspecified atom stereocenters. The second kappa shape index (κ2) is 18.8. The number of nitrogen functional groups attached to an aromatic ring is 3. The van der Waals surface area contributed by atoms with Crippen LogP contribution in [0.4, 0.5) is 23.4 Å². The molecule has 0 aliphatic heterocycles. The minimum atomic E-state index is -1.30. The highest BCUT2D eigenvalue weighted by Gasteiger charge is 2.22. The van der Waals surface area contributed by atoms with Crippen molar-refractivity contribution in [3.8, 4) is 0 Å². The van der Waals surface area contributed by atoms with Gasteiger partial charge in [-0.1, -0.05) is 13.8 Å². The van der Waals surface area contributed by atoms with Gasteiger partial charge in [0.25, 0.3) is 11.5 Å². The Labute approximate surface area is 317 Å². The fourth-order valence-corrected chi connectivity index (χ4v) is 4.83. The quantitative estimate of drug-likeness (QED) is 0.0461. The number of rotatable bonds is 16. The first-order valence-electron chi connectivity index (χ1n) is 16.9. The number of aromatic nitrogens is 8. The molecule has 1 amide bonds. The van der Waals surface area contributed by atoms with Crippen molar-refractivity contribution in [3.05, 3.63) is 58.4 Å². The Morgan fingerprint density at radius 1 is 0.982 bits per heavy atom. The molecule has 0 saturated heterocycles. The van der Waals surface area contributed by atoms with E-state index in [1.54, 1.807) is 18.3 Å². The van der Waals surface area contributed by atoms with E-state index in [0.29, 0.717) is 29.0 Å². The number of fused-ring (bicyclic) bond motifs is 2. The number of aromatic amines is 1. The summed E-state index contributed by atoms with van der Waals surface area (Å²) < 4.78 is 11.9. The number of nitrogens with zero attached hydrogens (tertiary/aromatic N) is 8. The zero-order valence-corrected chi connectivity index (χ0v) is 30.6. The van der Waals surface area contributed by atoms with Crippen molar-refractivity contribution in [2.75, 3.05) is 42.4 Å². The molecule has 1 aromatic carbocycles. The van der Waals surface area contributed by atoms with E-state index in [4.69, 9.17) is 37.5 Å².